The number of rotatable bonds is 7. The number of carbonyl (C=O) groups excluding carboxylic acids is 1. The summed E-state index contributed by atoms with van der Waals surface area (Å²) in [6.45, 7) is -0.463. The van der Waals surface area contributed by atoms with Crippen LogP contribution in [0, 0.1) is 10.1 Å². The molecule has 12 heteroatoms. The van der Waals surface area contributed by atoms with E-state index in [-0.39, 0.29) is 36.6 Å². The highest BCUT2D eigenvalue weighted by molar-refractivity contribution is 6.08. The third-order valence-electron chi connectivity index (χ3n) is 6.07. The lowest BCUT2D eigenvalue weighted by Gasteiger charge is -2.22. The third kappa shape index (κ3) is 4.28. The van der Waals surface area contributed by atoms with Crippen LogP contribution in [-0.4, -0.2) is 59.4 Å². The molecular weight excluding hydrogens is 468 g/mol. The van der Waals surface area contributed by atoms with Crippen molar-refractivity contribution in [1.29, 1.82) is 0 Å². The molecule has 1 amide bonds. The van der Waals surface area contributed by atoms with Crippen molar-refractivity contribution in [2.24, 2.45) is 0 Å². The molecule has 12 nitrogen and oxygen atoms in total. The number of nitro groups is 1. The normalized spacial score (nSPS) is 19.4. The van der Waals surface area contributed by atoms with Crippen LogP contribution in [0.5, 0.6) is 0 Å². The topological polar surface area (TPSA) is 157 Å². The Morgan fingerprint density at radius 2 is 1.89 bits per heavy atom. The van der Waals surface area contributed by atoms with Gasteiger partial charge in [-0.2, -0.15) is 0 Å². The van der Waals surface area contributed by atoms with Gasteiger partial charge in [0, 0.05) is 23.6 Å². The zero-order valence-corrected chi connectivity index (χ0v) is 18.9. The van der Waals surface area contributed by atoms with Crippen LogP contribution in [0.1, 0.15) is 28.6 Å². The Morgan fingerprint density at radius 3 is 2.61 bits per heavy atom. The second kappa shape index (κ2) is 9.77. The quantitative estimate of drug-likeness (QED) is 0.293. The number of nitrogens with zero attached hydrogens (tertiary/aromatic N) is 6. The molecule has 0 radical (unpaired) electrons. The van der Waals surface area contributed by atoms with Gasteiger partial charge >= 0.3 is 0 Å². The molecular formula is C24H22N6O6. The predicted molar refractivity (Wildman–Crippen MR) is 127 cm³/mol. The maximum Gasteiger partial charge on any atom is 0.274 e. The van der Waals surface area contributed by atoms with Gasteiger partial charge < -0.3 is 14.9 Å². The standard InChI is InChI=1S/C24H22N6O6/c31-12-19-18(32)10-20(36-19)29-14-27-21-22(25-13-26-23(21)29)28(24(33)15-6-2-1-3-7-15)11-16-8-4-5-9-17(16)30(34)35/h1-9,13-14,18-20,31-32H,10-12H2/t18-,19+,20+/m0/s1. The molecule has 1 fully saturated rings. The lowest BCUT2D eigenvalue weighted by Crippen LogP contribution is -2.31. The van der Waals surface area contributed by atoms with Crippen molar-refractivity contribution in [1.82, 2.24) is 19.5 Å². The number of nitro benzene ring substituents is 1. The van der Waals surface area contributed by atoms with Gasteiger partial charge in [0.25, 0.3) is 11.6 Å². The Kier molecular flexibility index (Phi) is 6.38. The number of amides is 1. The molecule has 1 saturated heterocycles. The van der Waals surface area contributed by atoms with Crippen molar-refractivity contribution in [2.75, 3.05) is 11.5 Å². The van der Waals surface area contributed by atoms with Gasteiger partial charge in [-0.05, 0) is 12.1 Å². The Bertz CT molecular complexity index is 1410. The molecule has 184 valence electrons. The summed E-state index contributed by atoms with van der Waals surface area (Å²) in [4.78, 5) is 39.2. The number of hydrogen-bond donors (Lipinski definition) is 2. The van der Waals surface area contributed by atoms with E-state index in [0.29, 0.717) is 16.8 Å². The van der Waals surface area contributed by atoms with Gasteiger partial charge in [0.15, 0.2) is 17.0 Å². The first-order valence-corrected chi connectivity index (χ1v) is 11.2. The van der Waals surface area contributed by atoms with Crippen LogP contribution < -0.4 is 4.90 Å². The zero-order valence-electron chi connectivity index (χ0n) is 18.9. The molecule has 0 spiro atoms. The molecule has 1 aliphatic rings. The smallest absolute Gasteiger partial charge is 0.274 e. The Balaban J connectivity index is 1.60. The zero-order chi connectivity index (χ0) is 25.2. The van der Waals surface area contributed by atoms with E-state index >= 15 is 0 Å². The number of para-hydroxylation sites is 1. The average molecular weight is 490 g/mol. The van der Waals surface area contributed by atoms with Crippen LogP contribution in [0.15, 0.2) is 67.3 Å². The first kappa shape index (κ1) is 23.5. The molecule has 3 heterocycles. The van der Waals surface area contributed by atoms with Crippen LogP contribution in [0.4, 0.5) is 11.5 Å². The van der Waals surface area contributed by atoms with E-state index in [9.17, 15) is 25.1 Å². The van der Waals surface area contributed by atoms with Gasteiger partial charge in [-0.15, -0.1) is 0 Å². The van der Waals surface area contributed by atoms with Crippen molar-refractivity contribution in [3.63, 3.8) is 0 Å². The molecule has 0 bridgehead atoms. The molecule has 2 aromatic carbocycles. The highest BCUT2D eigenvalue weighted by atomic mass is 16.6. The SMILES string of the molecule is O=C(c1ccccc1)N(Cc1ccccc1[N+](=O)[O-])c1ncnc2c1ncn2[C@H]1C[C@H](O)[C@@H](CO)O1. The van der Waals surface area contributed by atoms with Gasteiger partial charge in [0.1, 0.15) is 18.7 Å². The minimum atomic E-state index is -0.853. The number of carbonyl (C=O) groups is 1. The van der Waals surface area contributed by atoms with Gasteiger partial charge in [-0.3, -0.25) is 24.4 Å². The summed E-state index contributed by atoms with van der Waals surface area (Å²) in [5.41, 5.74) is 1.21. The minimum absolute atomic E-state index is 0.123. The van der Waals surface area contributed by atoms with E-state index in [1.54, 1.807) is 53.1 Å². The molecule has 36 heavy (non-hydrogen) atoms. The minimum Gasteiger partial charge on any atom is -0.394 e. The molecule has 0 unspecified atom stereocenters. The van der Waals surface area contributed by atoms with Crippen LogP contribution in [0.3, 0.4) is 0 Å². The molecule has 2 aromatic heterocycles. The summed E-state index contributed by atoms with van der Waals surface area (Å²) in [7, 11) is 0. The molecule has 0 saturated carbocycles. The van der Waals surface area contributed by atoms with Crippen LogP contribution in [0.25, 0.3) is 11.2 Å². The molecule has 4 aromatic rings. The molecule has 1 aliphatic heterocycles. The number of ether oxygens (including phenoxy) is 1. The summed E-state index contributed by atoms with van der Waals surface area (Å²) in [5.74, 6) is -0.251. The second-order valence-electron chi connectivity index (χ2n) is 8.28. The van der Waals surface area contributed by atoms with Crippen molar-refractivity contribution in [2.45, 2.75) is 31.4 Å². The lowest BCUT2D eigenvalue weighted by molar-refractivity contribution is -0.385. The number of aliphatic hydroxyl groups is 2. The Morgan fingerprint density at radius 1 is 1.14 bits per heavy atom. The van der Waals surface area contributed by atoms with E-state index < -0.39 is 29.3 Å². The van der Waals surface area contributed by atoms with E-state index in [4.69, 9.17) is 4.74 Å². The highest BCUT2D eigenvalue weighted by Gasteiger charge is 2.36. The number of aromatic nitrogens is 4. The molecule has 5 rings (SSSR count). The third-order valence-corrected chi connectivity index (χ3v) is 6.07. The van der Waals surface area contributed by atoms with Gasteiger partial charge in [-0.25, -0.2) is 15.0 Å². The Hall–Kier alpha value is -4.26. The van der Waals surface area contributed by atoms with Crippen molar-refractivity contribution >= 4 is 28.6 Å². The lowest BCUT2D eigenvalue weighted by atomic mass is 10.1. The summed E-state index contributed by atoms with van der Waals surface area (Å²) in [6, 6.07) is 14.7. The fourth-order valence-electron chi connectivity index (χ4n) is 4.27. The first-order chi connectivity index (χ1) is 17.5. The van der Waals surface area contributed by atoms with Gasteiger partial charge in [-0.1, -0.05) is 36.4 Å². The van der Waals surface area contributed by atoms with Crippen molar-refractivity contribution in [3.8, 4) is 0 Å². The van der Waals surface area contributed by atoms with Crippen LogP contribution in [0.2, 0.25) is 0 Å². The van der Waals surface area contributed by atoms with Crippen molar-refractivity contribution < 1.29 is 24.7 Å². The largest absolute Gasteiger partial charge is 0.394 e. The molecule has 0 aliphatic carbocycles. The van der Waals surface area contributed by atoms with Gasteiger partial charge in [0.2, 0.25) is 0 Å². The fourth-order valence-corrected chi connectivity index (χ4v) is 4.27. The maximum absolute atomic E-state index is 13.6. The monoisotopic (exact) mass is 490 g/mol. The summed E-state index contributed by atoms with van der Waals surface area (Å²) < 4.78 is 7.34. The fraction of sp³-hybridized carbons (Fsp3) is 0.250. The number of hydrogen-bond acceptors (Lipinski definition) is 9. The summed E-state index contributed by atoms with van der Waals surface area (Å²) in [6.07, 6.45) is 0.750. The summed E-state index contributed by atoms with van der Waals surface area (Å²) >= 11 is 0. The summed E-state index contributed by atoms with van der Waals surface area (Å²) in [5, 5.41) is 31.2. The van der Waals surface area contributed by atoms with E-state index in [1.807, 2.05) is 0 Å². The second-order valence-corrected chi connectivity index (χ2v) is 8.28. The Labute approximate surface area is 204 Å². The van der Waals surface area contributed by atoms with E-state index in [2.05, 4.69) is 15.0 Å². The van der Waals surface area contributed by atoms with Crippen molar-refractivity contribution in [3.05, 3.63) is 88.5 Å². The van der Waals surface area contributed by atoms with Crippen LogP contribution >= 0.6 is 0 Å². The van der Waals surface area contributed by atoms with Crippen LogP contribution in [-0.2, 0) is 11.3 Å². The number of fused-ring (bicyclic) bond motifs is 1. The molecule has 2 N–H and O–H groups in total. The molecule has 3 atom stereocenters. The van der Waals surface area contributed by atoms with E-state index in [1.165, 1.54) is 23.6 Å². The number of imidazole rings is 1. The number of benzene rings is 2. The maximum atomic E-state index is 13.6. The highest BCUT2D eigenvalue weighted by Crippen LogP contribution is 2.33. The average Bonchev–Trinajstić information content (AvgIpc) is 3.50. The number of anilines is 1. The van der Waals surface area contributed by atoms with E-state index in [0.717, 1.165) is 0 Å². The number of aliphatic hydroxyl groups excluding tert-OH is 2. The first-order valence-electron chi connectivity index (χ1n) is 11.2. The van der Waals surface area contributed by atoms with Gasteiger partial charge in [0.05, 0.1) is 30.5 Å². The predicted octanol–water partition coefficient (Wildman–Crippen LogP) is 2.22.